The molecule has 2 aliphatic rings. The lowest BCUT2D eigenvalue weighted by Gasteiger charge is -2.36. The summed E-state index contributed by atoms with van der Waals surface area (Å²) in [6.07, 6.45) is 5.52. The molecule has 3 nitrogen and oxygen atoms in total. The number of hydrogen-bond donors (Lipinski definition) is 1. The monoisotopic (exact) mass is 262 g/mol. The van der Waals surface area contributed by atoms with Crippen molar-refractivity contribution < 1.29 is 4.74 Å². The number of ether oxygens (including phenoxy) is 1. The van der Waals surface area contributed by atoms with Crippen LogP contribution in [0, 0.1) is 0 Å². The van der Waals surface area contributed by atoms with Crippen molar-refractivity contribution >= 4 is 12.4 Å². The minimum atomic E-state index is 0. The Kier molecular flexibility index (Phi) is 5.71. The third-order valence-corrected chi connectivity index (χ3v) is 3.84. The van der Waals surface area contributed by atoms with E-state index in [4.69, 9.17) is 4.74 Å². The van der Waals surface area contributed by atoms with Crippen LogP contribution in [0.2, 0.25) is 0 Å². The van der Waals surface area contributed by atoms with E-state index < -0.39 is 0 Å². The van der Waals surface area contributed by atoms with E-state index >= 15 is 0 Å². The first kappa shape index (κ1) is 15.2. The van der Waals surface area contributed by atoms with Gasteiger partial charge in [0.15, 0.2) is 0 Å². The molecule has 0 radical (unpaired) electrons. The molecule has 2 aliphatic heterocycles. The Hall–Kier alpha value is 0.170. The van der Waals surface area contributed by atoms with Crippen LogP contribution in [0.1, 0.15) is 46.5 Å². The van der Waals surface area contributed by atoms with Gasteiger partial charge in [0.05, 0.1) is 6.61 Å². The van der Waals surface area contributed by atoms with Crippen molar-refractivity contribution in [1.82, 2.24) is 10.2 Å². The molecule has 17 heavy (non-hydrogen) atoms. The molecule has 0 spiro atoms. The van der Waals surface area contributed by atoms with Crippen LogP contribution < -0.4 is 5.32 Å². The minimum absolute atomic E-state index is 0. The van der Waals surface area contributed by atoms with Gasteiger partial charge in [0.25, 0.3) is 0 Å². The van der Waals surface area contributed by atoms with E-state index in [-0.39, 0.29) is 24.2 Å². The van der Waals surface area contributed by atoms with Gasteiger partial charge in [-0.3, -0.25) is 5.32 Å². The maximum Gasteiger partial charge on any atom is 0.110 e. The van der Waals surface area contributed by atoms with Crippen LogP contribution in [0.4, 0.5) is 0 Å². The SMILES string of the molecule is CCN1CCCCC1CC1NC(C)(C)CO1.Cl. The first-order valence-corrected chi connectivity index (χ1v) is 6.74. The number of nitrogens with one attached hydrogen (secondary N) is 1. The maximum atomic E-state index is 5.83. The van der Waals surface area contributed by atoms with Crippen LogP contribution in [0.3, 0.4) is 0 Å². The van der Waals surface area contributed by atoms with Crippen molar-refractivity contribution in [3.63, 3.8) is 0 Å². The lowest BCUT2D eigenvalue weighted by Crippen LogP contribution is -2.45. The fourth-order valence-electron chi connectivity index (χ4n) is 2.95. The van der Waals surface area contributed by atoms with Gasteiger partial charge in [-0.2, -0.15) is 0 Å². The molecule has 0 aromatic carbocycles. The molecule has 102 valence electrons. The Morgan fingerprint density at radius 2 is 2.12 bits per heavy atom. The number of hydrogen-bond acceptors (Lipinski definition) is 3. The average molecular weight is 263 g/mol. The first-order chi connectivity index (χ1) is 7.61. The Balaban J connectivity index is 0.00000144. The van der Waals surface area contributed by atoms with Crippen LogP contribution >= 0.6 is 12.4 Å². The second-order valence-corrected chi connectivity index (χ2v) is 5.84. The Morgan fingerprint density at radius 1 is 1.35 bits per heavy atom. The third kappa shape index (κ3) is 4.09. The summed E-state index contributed by atoms with van der Waals surface area (Å²) in [5.41, 5.74) is 0.163. The molecule has 0 bridgehead atoms. The number of rotatable bonds is 3. The van der Waals surface area contributed by atoms with Gasteiger partial charge in [-0.05, 0) is 39.8 Å². The zero-order valence-electron chi connectivity index (χ0n) is 11.4. The van der Waals surface area contributed by atoms with Gasteiger partial charge in [-0.1, -0.05) is 13.3 Å². The summed E-state index contributed by atoms with van der Waals surface area (Å²) in [7, 11) is 0. The molecule has 2 heterocycles. The highest BCUT2D eigenvalue weighted by Crippen LogP contribution is 2.24. The largest absolute Gasteiger partial charge is 0.361 e. The molecule has 0 saturated carbocycles. The summed E-state index contributed by atoms with van der Waals surface area (Å²) < 4.78 is 5.83. The maximum absolute atomic E-state index is 5.83. The van der Waals surface area contributed by atoms with Crippen molar-refractivity contribution in [2.75, 3.05) is 19.7 Å². The van der Waals surface area contributed by atoms with Gasteiger partial charge < -0.3 is 9.64 Å². The van der Waals surface area contributed by atoms with Crippen LogP contribution in [0.15, 0.2) is 0 Å². The van der Waals surface area contributed by atoms with Crippen molar-refractivity contribution in [2.24, 2.45) is 0 Å². The number of piperidine rings is 1. The van der Waals surface area contributed by atoms with E-state index in [1.165, 1.54) is 32.4 Å². The quantitative estimate of drug-likeness (QED) is 0.845. The number of halogens is 1. The molecule has 0 aromatic rings. The summed E-state index contributed by atoms with van der Waals surface area (Å²) in [4.78, 5) is 2.61. The Bertz CT molecular complexity index is 235. The van der Waals surface area contributed by atoms with Gasteiger partial charge in [-0.25, -0.2) is 0 Å². The lowest BCUT2D eigenvalue weighted by atomic mass is 9.98. The van der Waals surface area contributed by atoms with Gasteiger partial charge >= 0.3 is 0 Å². The van der Waals surface area contributed by atoms with Crippen LogP contribution in [0.5, 0.6) is 0 Å². The van der Waals surface area contributed by atoms with Gasteiger partial charge in [0, 0.05) is 18.0 Å². The highest BCUT2D eigenvalue weighted by atomic mass is 35.5. The fraction of sp³-hybridized carbons (Fsp3) is 1.00. The van der Waals surface area contributed by atoms with Crippen molar-refractivity contribution in [3.05, 3.63) is 0 Å². The normalized spacial score (nSPS) is 33.4. The van der Waals surface area contributed by atoms with E-state index in [0.29, 0.717) is 0 Å². The smallest absolute Gasteiger partial charge is 0.110 e. The van der Waals surface area contributed by atoms with Crippen LogP contribution in [0.25, 0.3) is 0 Å². The summed E-state index contributed by atoms with van der Waals surface area (Å²) in [6.45, 7) is 10.00. The van der Waals surface area contributed by atoms with E-state index in [1.807, 2.05) is 0 Å². The van der Waals surface area contributed by atoms with Crippen LogP contribution in [-0.4, -0.2) is 42.4 Å². The minimum Gasteiger partial charge on any atom is -0.361 e. The Labute approximate surface area is 112 Å². The van der Waals surface area contributed by atoms with E-state index in [1.54, 1.807) is 0 Å². The highest BCUT2D eigenvalue weighted by Gasteiger charge is 2.33. The fourth-order valence-corrected chi connectivity index (χ4v) is 2.95. The summed E-state index contributed by atoms with van der Waals surface area (Å²) in [5, 5.41) is 3.57. The number of likely N-dealkylation sites (tertiary alicyclic amines) is 1. The molecule has 0 aromatic heterocycles. The second-order valence-electron chi connectivity index (χ2n) is 5.84. The number of nitrogens with zero attached hydrogens (tertiary/aromatic N) is 1. The molecular formula is C13H27ClN2O. The van der Waals surface area contributed by atoms with Crippen molar-refractivity contribution in [3.8, 4) is 0 Å². The van der Waals surface area contributed by atoms with Crippen LogP contribution in [-0.2, 0) is 4.74 Å². The predicted octanol–water partition coefficient (Wildman–Crippen LogP) is 2.40. The van der Waals surface area contributed by atoms with Gasteiger partial charge in [0.2, 0.25) is 0 Å². The molecule has 0 amide bonds. The standard InChI is InChI=1S/C13H26N2O.ClH/c1-4-15-8-6-5-7-11(15)9-12-14-13(2,3)10-16-12;/h11-12,14H,4-10H2,1-3H3;1H. The van der Waals surface area contributed by atoms with Crippen molar-refractivity contribution in [2.45, 2.75) is 64.3 Å². The predicted molar refractivity (Wildman–Crippen MR) is 73.7 cm³/mol. The summed E-state index contributed by atoms with van der Waals surface area (Å²) >= 11 is 0. The molecule has 2 rings (SSSR count). The first-order valence-electron chi connectivity index (χ1n) is 6.74. The Morgan fingerprint density at radius 3 is 2.71 bits per heavy atom. The molecule has 2 saturated heterocycles. The summed E-state index contributed by atoms with van der Waals surface area (Å²) in [5.74, 6) is 0. The van der Waals surface area contributed by atoms with Crippen molar-refractivity contribution in [1.29, 1.82) is 0 Å². The van der Waals surface area contributed by atoms with Gasteiger partial charge in [0.1, 0.15) is 6.23 Å². The molecule has 4 heteroatoms. The third-order valence-electron chi connectivity index (χ3n) is 3.84. The zero-order chi connectivity index (χ0) is 11.6. The topological polar surface area (TPSA) is 24.5 Å². The molecule has 2 fully saturated rings. The second kappa shape index (κ2) is 6.37. The average Bonchev–Trinajstić information content (AvgIpc) is 2.59. The van der Waals surface area contributed by atoms with E-state index in [9.17, 15) is 0 Å². The molecule has 2 unspecified atom stereocenters. The molecule has 0 aliphatic carbocycles. The van der Waals surface area contributed by atoms with E-state index in [0.717, 1.165) is 19.1 Å². The van der Waals surface area contributed by atoms with Gasteiger partial charge in [-0.15, -0.1) is 12.4 Å². The lowest BCUT2D eigenvalue weighted by molar-refractivity contribution is 0.0483. The summed E-state index contributed by atoms with van der Waals surface area (Å²) in [6, 6.07) is 0.727. The molecule has 2 atom stereocenters. The highest BCUT2D eigenvalue weighted by molar-refractivity contribution is 5.85. The van der Waals surface area contributed by atoms with E-state index in [2.05, 4.69) is 31.0 Å². The zero-order valence-corrected chi connectivity index (χ0v) is 12.2. The molecular weight excluding hydrogens is 236 g/mol. The molecule has 1 N–H and O–H groups in total.